The number of hydrogen-bond acceptors (Lipinski definition) is 3. The first-order valence-electron chi connectivity index (χ1n) is 4.86. The number of carboxylic acids is 1. The fourth-order valence-electron chi connectivity index (χ4n) is 1.29. The summed E-state index contributed by atoms with van der Waals surface area (Å²) in [5.41, 5.74) is 0.952. The smallest absolute Gasteiger partial charge is 0.306 e. The molecular formula is C11H15NO3. The summed E-state index contributed by atoms with van der Waals surface area (Å²) in [7, 11) is 1.56. The summed E-state index contributed by atoms with van der Waals surface area (Å²) >= 11 is 0. The molecule has 1 aromatic heterocycles. The largest absolute Gasteiger partial charge is 0.481 e. The molecule has 4 nitrogen and oxygen atoms in total. The van der Waals surface area contributed by atoms with Gasteiger partial charge in [-0.05, 0) is 18.9 Å². The molecule has 0 aliphatic rings. The number of nitrogens with zero attached hydrogens (tertiary/aromatic N) is 1. The number of pyridine rings is 1. The molecular weight excluding hydrogens is 194 g/mol. The summed E-state index contributed by atoms with van der Waals surface area (Å²) in [5.74, 6) is -0.525. The number of aliphatic carboxylic acids is 1. The van der Waals surface area contributed by atoms with E-state index in [1.54, 1.807) is 20.2 Å². The van der Waals surface area contributed by atoms with Crippen LogP contribution in [0.5, 0.6) is 5.88 Å². The first-order chi connectivity index (χ1) is 7.15. The molecule has 0 aliphatic heterocycles. The number of carbonyl (C=O) groups is 1. The number of rotatable bonds is 5. The topological polar surface area (TPSA) is 59.4 Å². The Labute approximate surface area is 88.9 Å². The Balaban J connectivity index is 2.60. The Morgan fingerprint density at radius 2 is 2.40 bits per heavy atom. The van der Waals surface area contributed by atoms with Crippen LogP contribution >= 0.6 is 0 Å². The van der Waals surface area contributed by atoms with Crippen molar-refractivity contribution in [3.05, 3.63) is 23.9 Å². The minimum Gasteiger partial charge on any atom is -0.481 e. The van der Waals surface area contributed by atoms with Crippen LogP contribution in [0.25, 0.3) is 0 Å². The summed E-state index contributed by atoms with van der Waals surface area (Å²) in [4.78, 5) is 14.7. The van der Waals surface area contributed by atoms with E-state index in [4.69, 9.17) is 9.84 Å². The summed E-state index contributed by atoms with van der Waals surface area (Å²) in [5, 5.41) is 8.74. The van der Waals surface area contributed by atoms with Crippen LogP contribution in [0.1, 0.15) is 18.9 Å². The molecule has 0 spiro atoms. The Bertz CT molecular complexity index is 338. The van der Waals surface area contributed by atoms with Gasteiger partial charge in [0.2, 0.25) is 5.88 Å². The van der Waals surface area contributed by atoms with Crippen LogP contribution in [0.2, 0.25) is 0 Å². The zero-order valence-electron chi connectivity index (χ0n) is 8.93. The van der Waals surface area contributed by atoms with E-state index >= 15 is 0 Å². The molecule has 0 radical (unpaired) electrons. The third-order valence-electron chi connectivity index (χ3n) is 2.31. The minimum absolute atomic E-state index is 0.338. The van der Waals surface area contributed by atoms with Gasteiger partial charge in [-0.1, -0.05) is 13.0 Å². The van der Waals surface area contributed by atoms with Crippen molar-refractivity contribution in [2.75, 3.05) is 7.11 Å². The molecule has 0 aliphatic carbocycles. The molecule has 1 aromatic rings. The first-order valence-corrected chi connectivity index (χ1v) is 4.86. The van der Waals surface area contributed by atoms with E-state index in [2.05, 4.69) is 4.98 Å². The first kappa shape index (κ1) is 11.5. The molecule has 15 heavy (non-hydrogen) atoms. The van der Waals surface area contributed by atoms with E-state index < -0.39 is 5.97 Å². The number of aryl methyl sites for hydroxylation is 1. The van der Waals surface area contributed by atoms with E-state index in [9.17, 15) is 4.79 Å². The molecule has 1 N–H and O–H groups in total. The number of carboxylic acid groups (broad SMARTS) is 1. The summed E-state index contributed by atoms with van der Waals surface area (Å²) < 4.78 is 5.08. The van der Waals surface area contributed by atoms with E-state index in [1.807, 2.05) is 12.1 Å². The van der Waals surface area contributed by atoms with Crippen LogP contribution in [0.4, 0.5) is 0 Å². The van der Waals surface area contributed by atoms with Gasteiger partial charge >= 0.3 is 5.97 Å². The highest BCUT2D eigenvalue weighted by molar-refractivity contribution is 5.69. The number of hydrogen-bond donors (Lipinski definition) is 1. The second kappa shape index (κ2) is 5.34. The van der Waals surface area contributed by atoms with Crippen LogP contribution in [0.15, 0.2) is 18.3 Å². The van der Waals surface area contributed by atoms with Crippen LogP contribution in [-0.4, -0.2) is 23.2 Å². The molecule has 1 rings (SSSR count). The third kappa shape index (κ3) is 3.23. The van der Waals surface area contributed by atoms with Gasteiger partial charge in [0.05, 0.1) is 13.0 Å². The second-order valence-electron chi connectivity index (χ2n) is 3.45. The van der Waals surface area contributed by atoms with Crippen molar-refractivity contribution < 1.29 is 14.6 Å². The minimum atomic E-state index is -0.766. The summed E-state index contributed by atoms with van der Waals surface area (Å²) in [6.07, 6.45) is 2.92. The lowest BCUT2D eigenvalue weighted by atomic mass is 10.0. The molecule has 1 atom stereocenters. The molecule has 1 unspecified atom stereocenters. The molecule has 4 heteroatoms. The molecule has 0 fully saturated rings. The summed E-state index contributed by atoms with van der Waals surface area (Å²) in [6.45, 7) is 1.70. The van der Waals surface area contributed by atoms with Gasteiger partial charge in [-0.3, -0.25) is 4.79 Å². The highest BCUT2D eigenvalue weighted by Gasteiger charge is 2.12. The van der Waals surface area contributed by atoms with Crippen molar-refractivity contribution >= 4 is 5.97 Å². The van der Waals surface area contributed by atoms with Crippen molar-refractivity contribution in [1.82, 2.24) is 4.98 Å². The number of methoxy groups -OCH3 is 1. The average molecular weight is 209 g/mol. The lowest BCUT2D eigenvalue weighted by Crippen LogP contribution is -2.10. The maximum Gasteiger partial charge on any atom is 0.306 e. The number of ether oxygens (including phenoxy) is 1. The van der Waals surface area contributed by atoms with Gasteiger partial charge in [0.1, 0.15) is 0 Å². The molecule has 82 valence electrons. The Hall–Kier alpha value is -1.58. The maximum absolute atomic E-state index is 10.6. The Kier molecular flexibility index (Phi) is 4.09. The predicted octanol–water partition coefficient (Wildman–Crippen LogP) is 1.74. The van der Waals surface area contributed by atoms with Crippen molar-refractivity contribution in [3.63, 3.8) is 0 Å². The lowest BCUT2D eigenvalue weighted by Gasteiger charge is -2.08. The highest BCUT2D eigenvalue weighted by atomic mass is 16.5. The second-order valence-corrected chi connectivity index (χ2v) is 3.45. The van der Waals surface area contributed by atoms with Gasteiger partial charge in [0.15, 0.2) is 0 Å². The zero-order valence-corrected chi connectivity index (χ0v) is 8.93. The molecule has 1 heterocycles. The van der Waals surface area contributed by atoms with Gasteiger partial charge in [0, 0.05) is 11.8 Å². The van der Waals surface area contributed by atoms with Crippen LogP contribution in [0, 0.1) is 5.92 Å². The Morgan fingerprint density at radius 3 is 3.00 bits per heavy atom. The van der Waals surface area contributed by atoms with Crippen molar-refractivity contribution in [2.45, 2.75) is 19.8 Å². The third-order valence-corrected chi connectivity index (χ3v) is 2.31. The van der Waals surface area contributed by atoms with E-state index in [0.717, 1.165) is 5.56 Å². The molecule has 0 amide bonds. The fourth-order valence-corrected chi connectivity index (χ4v) is 1.29. The predicted molar refractivity (Wildman–Crippen MR) is 55.9 cm³/mol. The lowest BCUT2D eigenvalue weighted by molar-refractivity contribution is -0.141. The maximum atomic E-state index is 10.6. The van der Waals surface area contributed by atoms with Crippen LogP contribution in [0.3, 0.4) is 0 Å². The molecule has 0 saturated heterocycles. The van der Waals surface area contributed by atoms with Crippen molar-refractivity contribution in [1.29, 1.82) is 0 Å². The van der Waals surface area contributed by atoms with E-state index in [0.29, 0.717) is 18.7 Å². The van der Waals surface area contributed by atoms with Crippen molar-refractivity contribution in [3.8, 4) is 5.88 Å². The molecule has 0 bridgehead atoms. The Morgan fingerprint density at radius 1 is 1.67 bits per heavy atom. The van der Waals surface area contributed by atoms with Gasteiger partial charge < -0.3 is 9.84 Å². The zero-order chi connectivity index (χ0) is 11.3. The number of aromatic nitrogens is 1. The van der Waals surface area contributed by atoms with Crippen LogP contribution in [-0.2, 0) is 11.2 Å². The quantitative estimate of drug-likeness (QED) is 0.802. The van der Waals surface area contributed by atoms with Gasteiger partial charge in [-0.15, -0.1) is 0 Å². The van der Waals surface area contributed by atoms with Crippen molar-refractivity contribution in [2.24, 2.45) is 5.92 Å². The SMILES string of the molecule is COc1ncccc1CCC(C)C(=O)O. The fraction of sp³-hybridized carbons (Fsp3) is 0.455. The van der Waals surface area contributed by atoms with Gasteiger partial charge in [-0.2, -0.15) is 0 Å². The molecule has 0 aromatic carbocycles. The highest BCUT2D eigenvalue weighted by Crippen LogP contribution is 2.17. The standard InChI is InChI=1S/C11H15NO3/c1-8(11(13)14)5-6-9-4-3-7-12-10(9)15-2/h3-4,7-8H,5-6H2,1-2H3,(H,13,14). The normalized spacial score (nSPS) is 12.1. The van der Waals surface area contributed by atoms with E-state index in [-0.39, 0.29) is 5.92 Å². The molecule has 0 saturated carbocycles. The summed E-state index contributed by atoms with van der Waals surface area (Å²) in [6, 6.07) is 3.73. The van der Waals surface area contributed by atoms with Gasteiger partial charge in [0.25, 0.3) is 0 Å². The van der Waals surface area contributed by atoms with Gasteiger partial charge in [-0.25, -0.2) is 4.98 Å². The van der Waals surface area contributed by atoms with Crippen LogP contribution < -0.4 is 4.74 Å². The van der Waals surface area contributed by atoms with E-state index in [1.165, 1.54) is 0 Å². The average Bonchev–Trinajstić information content (AvgIpc) is 2.26. The monoisotopic (exact) mass is 209 g/mol.